The molecule has 0 aromatic rings. The predicted molar refractivity (Wildman–Crippen MR) is 76.6 cm³/mol. The number of rotatable bonds is 8. The van der Waals surface area contributed by atoms with Crippen molar-refractivity contribution in [2.24, 2.45) is 5.41 Å². The Morgan fingerprint density at radius 2 is 1.88 bits per heavy atom. The van der Waals surface area contributed by atoms with Crippen LogP contribution in [0.3, 0.4) is 0 Å². The van der Waals surface area contributed by atoms with Gasteiger partial charge in [0, 0.05) is 25.0 Å². The lowest BCUT2D eigenvalue weighted by molar-refractivity contribution is 0.323. The second kappa shape index (κ2) is 7.07. The predicted octanol–water partition coefficient (Wildman–Crippen LogP) is 2.36. The van der Waals surface area contributed by atoms with Crippen LogP contribution in [0, 0.1) is 5.41 Å². The first-order chi connectivity index (χ1) is 7.62. The molecule has 0 heterocycles. The van der Waals surface area contributed by atoms with Crippen molar-refractivity contribution in [3.05, 3.63) is 0 Å². The van der Waals surface area contributed by atoms with Crippen LogP contribution in [0.5, 0.6) is 0 Å². The van der Waals surface area contributed by atoms with Crippen LogP contribution in [0.1, 0.15) is 40.5 Å². The fourth-order valence-corrected chi connectivity index (χ4v) is 2.91. The molecule has 0 rings (SSSR count). The summed E-state index contributed by atoms with van der Waals surface area (Å²) < 4.78 is 27.8. The molecule has 0 amide bonds. The molecule has 0 aliphatic heterocycles. The second-order valence-electron chi connectivity index (χ2n) is 5.39. The Balaban J connectivity index is 4.36. The first-order valence-electron chi connectivity index (χ1n) is 5.91. The molecule has 0 bridgehead atoms. The second-order valence-corrected chi connectivity index (χ2v) is 8.00. The molecule has 0 fully saturated rings. The number of hydrogen-bond acceptors (Lipinski definition) is 2. The van der Waals surface area contributed by atoms with Gasteiger partial charge in [-0.1, -0.05) is 29.8 Å². The minimum atomic E-state index is -3.35. The SMILES string of the molecule is CC(C)N(C)S(=O)(=O)NCC(C)(C)CCCBr. The van der Waals surface area contributed by atoms with Crippen LogP contribution in [0.4, 0.5) is 0 Å². The lowest BCUT2D eigenvalue weighted by atomic mass is 9.88. The zero-order valence-electron chi connectivity index (χ0n) is 11.5. The van der Waals surface area contributed by atoms with Gasteiger partial charge >= 0.3 is 0 Å². The van der Waals surface area contributed by atoms with Crippen molar-refractivity contribution in [1.29, 1.82) is 0 Å². The summed E-state index contributed by atoms with van der Waals surface area (Å²) in [4.78, 5) is 0. The van der Waals surface area contributed by atoms with Crippen LogP contribution < -0.4 is 4.72 Å². The Hall–Kier alpha value is 0.350. The van der Waals surface area contributed by atoms with E-state index in [1.807, 2.05) is 13.8 Å². The van der Waals surface area contributed by atoms with E-state index in [0.717, 1.165) is 18.2 Å². The normalized spacial score (nSPS) is 13.6. The third-order valence-corrected chi connectivity index (χ3v) is 5.08. The summed E-state index contributed by atoms with van der Waals surface area (Å²) in [6, 6.07) is -0.0295. The largest absolute Gasteiger partial charge is 0.279 e. The van der Waals surface area contributed by atoms with Crippen molar-refractivity contribution >= 4 is 26.1 Å². The van der Waals surface area contributed by atoms with Crippen molar-refractivity contribution in [3.8, 4) is 0 Å². The Kier molecular flexibility index (Phi) is 7.21. The van der Waals surface area contributed by atoms with Gasteiger partial charge in [0.2, 0.25) is 0 Å². The van der Waals surface area contributed by atoms with Crippen LogP contribution in [-0.2, 0) is 10.2 Å². The third kappa shape index (κ3) is 6.74. The zero-order chi connectivity index (χ0) is 13.7. The summed E-state index contributed by atoms with van der Waals surface area (Å²) in [6.07, 6.45) is 2.04. The number of halogens is 1. The highest BCUT2D eigenvalue weighted by atomic mass is 79.9. The highest BCUT2D eigenvalue weighted by Crippen LogP contribution is 2.22. The highest BCUT2D eigenvalue weighted by molar-refractivity contribution is 9.09. The van der Waals surface area contributed by atoms with Gasteiger partial charge in [-0.25, -0.2) is 4.72 Å². The van der Waals surface area contributed by atoms with E-state index in [1.54, 1.807) is 7.05 Å². The van der Waals surface area contributed by atoms with Crippen molar-refractivity contribution in [2.75, 3.05) is 18.9 Å². The lowest BCUT2D eigenvalue weighted by Crippen LogP contribution is -2.45. The van der Waals surface area contributed by atoms with Gasteiger partial charge in [-0.15, -0.1) is 0 Å². The van der Waals surface area contributed by atoms with E-state index in [1.165, 1.54) is 4.31 Å². The van der Waals surface area contributed by atoms with Crippen LogP contribution in [-0.4, -0.2) is 37.7 Å². The maximum Gasteiger partial charge on any atom is 0.279 e. The lowest BCUT2D eigenvalue weighted by Gasteiger charge is -2.27. The van der Waals surface area contributed by atoms with Gasteiger partial charge in [0.05, 0.1) is 0 Å². The van der Waals surface area contributed by atoms with Crippen molar-refractivity contribution in [3.63, 3.8) is 0 Å². The highest BCUT2D eigenvalue weighted by Gasteiger charge is 2.24. The smallest absolute Gasteiger partial charge is 0.202 e. The van der Waals surface area contributed by atoms with Crippen LogP contribution >= 0.6 is 15.9 Å². The molecular formula is C11H25BrN2O2S. The molecule has 0 saturated carbocycles. The molecule has 0 radical (unpaired) electrons. The number of alkyl halides is 1. The van der Waals surface area contributed by atoms with E-state index in [9.17, 15) is 8.42 Å². The van der Waals surface area contributed by atoms with Crippen LogP contribution in [0.15, 0.2) is 0 Å². The summed E-state index contributed by atoms with van der Waals surface area (Å²) >= 11 is 3.39. The fourth-order valence-electron chi connectivity index (χ4n) is 1.30. The Morgan fingerprint density at radius 3 is 2.29 bits per heavy atom. The molecule has 0 spiro atoms. The molecule has 1 N–H and O–H groups in total. The van der Waals surface area contributed by atoms with E-state index in [0.29, 0.717) is 6.54 Å². The summed E-state index contributed by atoms with van der Waals surface area (Å²) in [5.74, 6) is 0. The van der Waals surface area contributed by atoms with E-state index in [4.69, 9.17) is 0 Å². The molecule has 6 heteroatoms. The van der Waals surface area contributed by atoms with Crippen molar-refractivity contribution < 1.29 is 8.42 Å². The van der Waals surface area contributed by atoms with Gasteiger partial charge in [-0.2, -0.15) is 12.7 Å². The summed E-state index contributed by atoms with van der Waals surface area (Å²) in [5.41, 5.74) is -0.0152. The Labute approximate surface area is 114 Å². The van der Waals surface area contributed by atoms with Gasteiger partial charge in [0.15, 0.2) is 0 Å². The average molecular weight is 329 g/mol. The zero-order valence-corrected chi connectivity index (χ0v) is 13.9. The molecule has 0 aliphatic carbocycles. The Morgan fingerprint density at radius 1 is 1.35 bits per heavy atom. The first-order valence-corrected chi connectivity index (χ1v) is 8.47. The van der Waals surface area contributed by atoms with Gasteiger partial charge in [-0.3, -0.25) is 0 Å². The maximum atomic E-state index is 11.9. The molecule has 0 saturated heterocycles. The van der Waals surface area contributed by atoms with Gasteiger partial charge < -0.3 is 0 Å². The van der Waals surface area contributed by atoms with Crippen molar-refractivity contribution in [1.82, 2.24) is 9.03 Å². The van der Waals surface area contributed by atoms with Crippen LogP contribution in [0.25, 0.3) is 0 Å². The van der Waals surface area contributed by atoms with E-state index < -0.39 is 10.2 Å². The van der Waals surface area contributed by atoms with Crippen LogP contribution in [0.2, 0.25) is 0 Å². The molecule has 4 nitrogen and oxygen atoms in total. The molecule has 0 unspecified atom stereocenters. The minimum Gasteiger partial charge on any atom is -0.202 e. The summed E-state index contributed by atoms with van der Waals surface area (Å²) in [5, 5.41) is 0.953. The molecule has 0 aromatic heterocycles. The van der Waals surface area contributed by atoms with E-state index >= 15 is 0 Å². The molecule has 0 aliphatic rings. The summed E-state index contributed by atoms with van der Waals surface area (Å²) in [7, 11) is -1.75. The monoisotopic (exact) mass is 328 g/mol. The van der Waals surface area contributed by atoms with Crippen molar-refractivity contribution in [2.45, 2.75) is 46.6 Å². The fraction of sp³-hybridized carbons (Fsp3) is 1.00. The van der Waals surface area contributed by atoms with E-state index in [-0.39, 0.29) is 11.5 Å². The quantitative estimate of drug-likeness (QED) is 0.695. The standard InChI is InChI=1S/C11H25BrN2O2S/c1-10(2)14(5)17(15,16)13-9-11(3,4)7-6-8-12/h10,13H,6-9H2,1-5H3. The molecule has 0 aromatic carbocycles. The number of nitrogens with one attached hydrogen (secondary N) is 1. The molecular weight excluding hydrogens is 304 g/mol. The Bertz CT molecular complexity index is 315. The van der Waals surface area contributed by atoms with Gasteiger partial charge in [0.1, 0.15) is 0 Å². The molecule has 0 atom stereocenters. The van der Waals surface area contributed by atoms with Gasteiger partial charge in [0.25, 0.3) is 10.2 Å². The third-order valence-electron chi connectivity index (χ3n) is 2.83. The maximum absolute atomic E-state index is 11.9. The molecule has 17 heavy (non-hydrogen) atoms. The minimum absolute atomic E-state index is 0.0152. The topological polar surface area (TPSA) is 49.4 Å². The molecule has 104 valence electrons. The first kappa shape index (κ1) is 17.4. The average Bonchev–Trinajstić information content (AvgIpc) is 2.23. The summed E-state index contributed by atoms with van der Waals surface area (Å²) in [6.45, 7) is 8.34. The number of nitrogens with zero attached hydrogens (tertiary/aromatic N) is 1. The van der Waals surface area contributed by atoms with Gasteiger partial charge in [-0.05, 0) is 32.1 Å². The number of hydrogen-bond donors (Lipinski definition) is 1. The van der Waals surface area contributed by atoms with E-state index in [2.05, 4.69) is 34.5 Å².